The van der Waals surface area contributed by atoms with Gasteiger partial charge in [0.15, 0.2) is 9.84 Å². The fraction of sp³-hybridized carbons (Fsp3) is 0.0625. The topological polar surface area (TPSA) is 78.2 Å². The predicted octanol–water partition coefficient (Wildman–Crippen LogP) is 2.97. The fourth-order valence-corrected chi connectivity index (χ4v) is 3.05. The van der Waals surface area contributed by atoms with Gasteiger partial charge in [0.25, 0.3) is 0 Å². The number of nitriles is 1. The standard InChI is InChI=1S/C16H11NO3S/c1-21(19,20)15-3-2-10-4-12-5-14(18)6-13(9-17)16(12)8-11(10)7-15/h2-8,18H,1H3. The normalized spacial score (nSPS) is 11.6. The van der Waals surface area contributed by atoms with Gasteiger partial charge < -0.3 is 5.11 Å². The first-order valence-corrected chi connectivity index (χ1v) is 8.08. The van der Waals surface area contributed by atoms with Crippen LogP contribution in [-0.2, 0) is 9.84 Å². The maximum Gasteiger partial charge on any atom is 0.175 e. The van der Waals surface area contributed by atoms with Crippen LogP contribution in [-0.4, -0.2) is 19.8 Å². The molecular weight excluding hydrogens is 286 g/mol. The van der Waals surface area contributed by atoms with Crippen LogP contribution in [0.3, 0.4) is 0 Å². The third kappa shape index (κ3) is 2.30. The van der Waals surface area contributed by atoms with Crippen molar-refractivity contribution in [3.05, 3.63) is 48.0 Å². The molecule has 0 unspecified atom stereocenters. The monoisotopic (exact) mass is 297 g/mol. The van der Waals surface area contributed by atoms with Gasteiger partial charge in [-0.1, -0.05) is 6.07 Å². The number of phenolic OH excluding ortho intramolecular Hbond substituents is 1. The molecule has 4 nitrogen and oxygen atoms in total. The summed E-state index contributed by atoms with van der Waals surface area (Å²) in [6.07, 6.45) is 1.16. The van der Waals surface area contributed by atoms with E-state index in [2.05, 4.69) is 0 Å². The summed E-state index contributed by atoms with van der Waals surface area (Å²) in [5, 5.41) is 21.8. The Morgan fingerprint density at radius 2 is 1.76 bits per heavy atom. The second-order valence-corrected chi connectivity index (χ2v) is 6.98. The largest absolute Gasteiger partial charge is 0.508 e. The summed E-state index contributed by atoms with van der Waals surface area (Å²) in [5.41, 5.74) is 0.358. The number of fused-ring (bicyclic) bond motifs is 2. The number of nitrogens with zero attached hydrogens (tertiary/aromatic N) is 1. The van der Waals surface area contributed by atoms with Crippen molar-refractivity contribution in [2.45, 2.75) is 4.90 Å². The van der Waals surface area contributed by atoms with E-state index in [0.29, 0.717) is 10.9 Å². The Hall–Kier alpha value is -2.58. The molecule has 0 fully saturated rings. The zero-order chi connectivity index (χ0) is 15.2. The molecule has 0 heterocycles. The lowest BCUT2D eigenvalue weighted by Crippen LogP contribution is -1.96. The lowest BCUT2D eigenvalue weighted by atomic mass is 10.00. The van der Waals surface area contributed by atoms with Crippen LogP contribution < -0.4 is 0 Å². The third-order valence-corrected chi connectivity index (χ3v) is 4.52. The minimum absolute atomic E-state index is 0.0335. The first-order chi connectivity index (χ1) is 9.88. The van der Waals surface area contributed by atoms with Gasteiger partial charge >= 0.3 is 0 Å². The summed E-state index contributed by atoms with van der Waals surface area (Å²) in [6.45, 7) is 0. The highest BCUT2D eigenvalue weighted by Crippen LogP contribution is 2.30. The highest BCUT2D eigenvalue weighted by molar-refractivity contribution is 7.90. The minimum Gasteiger partial charge on any atom is -0.508 e. The lowest BCUT2D eigenvalue weighted by molar-refractivity contribution is 0.476. The van der Waals surface area contributed by atoms with Gasteiger partial charge in [-0.15, -0.1) is 0 Å². The molecule has 0 aliphatic carbocycles. The molecule has 0 amide bonds. The van der Waals surface area contributed by atoms with Gasteiger partial charge in [-0.05, 0) is 52.6 Å². The van der Waals surface area contributed by atoms with Gasteiger partial charge in [0.1, 0.15) is 5.75 Å². The van der Waals surface area contributed by atoms with Crippen molar-refractivity contribution in [1.82, 2.24) is 0 Å². The number of benzene rings is 3. The molecule has 0 aromatic heterocycles. The Morgan fingerprint density at radius 3 is 2.43 bits per heavy atom. The molecule has 3 aromatic carbocycles. The van der Waals surface area contributed by atoms with E-state index in [1.807, 2.05) is 12.1 Å². The molecule has 0 saturated heterocycles. The Kier molecular flexibility index (Phi) is 2.85. The SMILES string of the molecule is CS(=O)(=O)c1ccc2cc3cc(O)cc(C#N)c3cc2c1. The van der Waals surface area contributed by atoms with E-state index in [0.717, 1.165) is 22.4 Å². The first-order valence-electron chi connectivity index (χ1n) is 6.19. The van der Waals surface area contributed by atoms with Crippen molar-refractivity contribution in [3.8, 4) is 11.8 Å². The van der Waals surface area contributed by atoms with Crippen LogP contribution in [0.5, 0.6) is 5.75 Å². The van der Waals surface area contributed by atoms with Crippen molar-refractivity contribution >= 4 is 31.4 Å². The summed E-state index contributed by atoms with van der Waals surface area (Å²) < 4.78 is 23.2. The average molecular weight is 297 g/mol. The molecule has 0 aliphatic rings. The van der Waals surface area contributed by atoms with Crippen LogP contribution in [0, 0.1) is 11.3 Å². The molecule has 21 heavy (non-hydrogen) atoms. The number of phenols is 1. The van der Waals surface area contributed by atoms with Crippen molar-refractivity contribution in [2.24, 2.45) is 0 Å². The summed E-state index contributed by atoms with van der Waals surface area (Å²) >= 11 is 0. The Labute approximate surface area is 121 Å². The number of hydrogen-bond donors (Lipinski definition) is 1. The predicted molar refractivity (Wildman–Crippen MR) is 80.9 cm³/mol. The van der Waals surface area contributed by atoms with Crippen LogP contribution in [0.15, 0.2) is 47.4 Å². The third-order valence-electron chi connectivity index (χ3n) is 3.41. The Bertz CT molecular complexity index is 1030. The van der Waals surface area contributed by atoms with Crippen LogP contribution in [0.1, 0.15) is 5.56 Å². The van der Waals surface area contributed by atoms with E-state index in [9.17, 15) is 13.5 Å². The molecule has 104 valence electrons. The van der Waals surface area contributed by atoms with Crippen LogP contribution in [0.4, 0.5) is 0 Å². The summed E-state index contributed by atoms with van der Waals surface area (Å²) in [6, 6.07) is 13.5. The smallest absolute Gasteiger partial charge is 0.175 e. The molecule has 0 saturated carbocycles. The number of rotatable bonds is 1. The second kappa shape index (κ2) is 4.47. The zero-order valence-electron chi connectivity index (χ0n) is 11.2. The fourth-order valence-electron chi connectivity index (χ4n) is 2.40. The van der Waals surface area contributed by atoms with E-state index >= 15 is 0 Å². The van der Waals surface area contributed by atoms with Crippen molar-refractivity contribution < 1.29 is 13.5 Å². The summed E-state index contributed by atoms with van der Waals surface area (Å²) in [7, 11) is -3.27. The van der Waals surface area contributed by atoms with Gasteiger partial charge in [-0.2, -0.15) is 5.26 Å². The van der Waals surface area contributed by atoms with Gasteiger partial charge in [-0.3, -0.25) is 0 Å². The number of aromatic hydroxyl groups is 1. The quantitative estimate of drug-likeness (QED) is 0.700. The van der Waals surface area contributed by atoms with Crippen LogP contribution in [0.2, 0.25) is 0 Å². The van der Waals surface area contributed by atoms with Gasteiger partial charge in [-0.25, -0.2) is 8.42 Å². The highest BCUT2D eigenvalue weighted by atomic mass is 32.2. The molecule has 0 bridgehead atoms. The maximum atomic E-state index is 11.6. The molecule has 1 N–H and O–H groups in total. The van der Waals surface area contributed by atoms with Gasteiger partial charge in [0.2, 0.25) is 0 Å². The summed E-state index contributed by atoms with van der Waals surface area (Å²) in [4.78, 5) is 0.242. The van der Waals surface area contributed by atoms with Gasteiger partial charge in [0.05, 0.1) is 16.5 Å². The summed E-state index contributed by atoms with van der Waals surface area (Å²) in [5.74, 6) is 0.0335. The van der Waals surface area contributed by atoms with Crippen LogP contribution >= 0.6 is 0 Å². The molecular formula is C16H11NO3S. The Balaban J connectivity index is 2.42. The molecule has 5 heteroatoms. The lowest BCUT2D eigenvalue weighted by Gasteiger charge is -2.06. The number of hydrogen-bond acceptors (Lipinski definition) is 4. The second-order valence-electron chi connectivity index (χ2n) is 4.96. The van der Waals surface area contributed by atoms with E-state index in [1.54, 1.807) is 30.3 Å². The van der Waals surface area contributed by atoms with E-state index in [1.165, 1.54) is 6.07 Å². The average Bonchev–Trinajstić information content (AvgIpc) is 2.42. The van der Waals surface area contributed by atoms with Crippen LogP contribution in [0.25, 0.3) is 21.5 Å². The van der Waals surface area contributed by atoms with E-state index in [-0.39, 0.29) is 10.6 Å². The highest BCUT2D eigenvalue weighted by Gasteiger charge is 2.10. The molecule has 0 radical (unpaired) electrons. The Morgan fingerprint density at radius 1 is 1.00 bits per heavy atom. The molecule has 3 rings (SSSR count). The maximum absolute atomic E-state index is 11.6. The first kappa shape index (κ1) is 13.4. The van der Waals surface area contributed by atoms with Crippen molar-refractivity contribution in [2.75, 3.05) is 6.26 Å². The molecule has 0 aliphatic heterocycles. The molecule has 0 atom stereocenters. The molecule has 0 spiro atoms. The minimum atomic E-state index is -3.27. The van der Waals surface area contributed by atoms with Crippen molar-refractivity contribution in [1.29, 1.82) is 5.26 Å². The zero-order valence-corrected chi connectivity index (χ0v) is 12.0. The van der Waals surface area contributed by atoms with Crippen molar-refractivity contribution in [3.63, 3.8) is 0 Å². The van der Waals surface area contributed by atoms with E-state index in [4.69, 9.17) is 5.26 Å². The van der Waals surface area contributed by atoms with E-state index < -0.39 is 9.84 Å². The van der Waals surface area contributed by atoms with Gasteiger partial charge in [0, 0.05) is 11.6 Å². The molecule has 3 aromatic rings. The number of sulfone groups is 1.